The monoisotopic (exact) mass is 395 g/mol. The predicted octanol–water partition coefficient (Wildman–Crippen LogP) is 5.12. The number of amides is 1. The minimum atomic E-state index is -0.305. The second kappa shape index (κ2) is 8.92. The van der Waals surface area contributed by atoms with Crippen molar-refractivity contribution in [1.82, 2.24) is 10.4 Å². The van der Waals surface area contributed by atoms with Crippen molar-refractivity contribution in [1.29, 1.82) is 0 Å². The van der Waals surface area contributed by atoms with Crippen molar-refractivity contribution in [2.45, 2.75) is 0 Å². The number of nitrogens with one attached hydrogen (secondary N) is 2. The lowest BCUT2D eigenvalue weighted by Gasteiger charge is -2.03. The van der Waals surface area contributed by atoms with E-state index in [4.69, 9.17) is 4.74 Å². The molecule has 30 heavy (non-hydrogen) atoms. The van der Waals surface area contributed by atoms with Crippen LogP contribution in [0.3, 0.4) is 0 Å². The van der Waals surface area contributed by atoms with Crippen LogP contribution in [0.4, 0.5) is 0 Å². The number of carbonyl (C=O) groups excluding carboxylic acids is 1. The van der Waals surface area contributed by atoms with Crippen LogP contribution < -0.4 is 10.2 Å². The normalized spacial score (nSPS) is 10.8. The van der Waals surface area contributed by atoms with E-state index >= 15 is 0 Å². The molecule has 0 radical (unpaired) electrons. The highest BCUT2D eigenvalue weighted by Crippen LogP contribution is 2.29. The summed E-state index contributed by atoms with van der Waals surface area (Å²) in [6.45, 7) is 0. The molecule has 0 spiro atoms. The van der Waals surface area contributed by atoms with E-state index in [-0.39, 0.29) is 5.91 Å². The molecule has 3 aromatic carbocycles. The van der Waals surface area contributed by atoms with Crippen LogP contribution in [-0.2, 0) is 0 Å². The zero-order valence-corrected chi connectivity index (χ0v) is 16.5. The standard InChI is InChI=1S/C25H21N3O2/c1-30-21-14-12-18(13-15-21)17-26-28-25(29)24-22(19-8-4-2-5-9-19)16-23(27-24)20-10-6-3-7-11-20/h2-17,27H,1H3,(H,28,29). The van der Waals surface area contributed by atoms with Crippen LogP contribution in [-0.4, -0.2) is 24.2 Å². The molecule has 0 fully saturated rings. The summed E-state index contributed by atoms with van der Waals surface area (Å²) >= 11 is 0. The molecule has 1 aromatic heterocycles. The van der Waals surface area contributed by atoms with E-state index in [1.807, 2.05) is 91.0 Å². The van der Waals surface area contributed by atoms with Crippen LogP contribution in [0.25, 0.3) is 22.4 Å². The van der Waals surface area contributed by atoms with Gasteiger partial charge in [-0.25, -0.2) is 5.43 Å². The Kier molecular flexibility index (Phi) is 5.71. The largest absolute Gasteiger partial charge is 0.497 e. The minimum absolute atomic E-state index is 0.305. The SMILES string of the molecule is COc1ccc(C=NNC(=O)c2[nH]c(-c3ccccc3)cc2-c2ccccc2)cc1. The lowest BCUT2D eigenvalue weighted by atomic mass is 10.0. The van der Waals surface area contributed by atoms with Crippen LogP contribution in [0.1, 0.15) is 16.1 Å². The van der Waals surface area contributed by atoms with Crippen LogP contribution in [0.15, 0.2) is 96.1 Å². The number of rotatable bonds is 6. The van der Waals surface area contributed by atoms with E-state index < -0.39 is 0 Å². The Morgan fingerprint density at radius 1 is 0.900 bits per heavy atom. The van der Waals surface area contributed by atoms with Gasteiger partial charge >= 0.3 is 0 Å². The maximum Gasteiger partial charge on any atom is 0.288 e. The van der Waals surface area contributed by atoms with Crippen molar-refractivity contribution < 1.29 is 9.53 Å². The topological polar surface area (TPSA) is 66.5 Å². The number of aromatic nitrogens is 1. The Morgan fingerprint density at radius 2 is 1.53 bits per heavy atom. The van der Waals surface area contributed by atoms with Gasteiger partial charge < -0.3 is 9.72 Å². The molecular formula is C25H21N3O2. The minimum Gasteiger partial charge on any atom is -0.497 e. The first-order chi connectivity index (χ1) is 14.7. The zero-order valence-electron chi connectivity index (χ0n) is 16.5. The summed E-state index contributed by atoms with van der Waals surface area (Å²) in [7, 11) is 1.62. The van der Waals surface area contributed by atoms with Crippen LogP contribution in [0, 0.1) is 0 Å². The third-order valence-corrected chi connectivity index (χ3v) is 4.71. The number of hydrogen-bond acceptors (Lipinski definition) is 3. The lowest BCUT2D eigenvalue weighted by Crippen LogP contribution is -2.18. The van der Waals surface area contributed by atoms with Gasteiger partial charge in [-0.1, -0.05) is 60.7 Å². The average molecular weight is 395 g/mol. The van der Waals surface area contributed by atoms with Crippen molar-refractivity contribution in [2.75, 3.05) is 7.11 Å². The maximum atomic E-state index is 12.9. The zero-order chi connectivity index (χ0) is 20.8. The van der Waals surface area contributed by atoms with E-state index in [2.05, 4.69) is 15.5 Å². The van der Waals surface area contributed by atoms with Gasteiger partial charge in [-0.05, 0) is 47.0 Å². The molecule has 2 N–H and O–H groups in total. The number of benzene rings is 3. The molecule has 1 amide bonds. The fourth-order valence-corrected chi connectivity index (χ4v) is 3.16. The van der Waals surface area contributed by atoms with Gasteiger partial charge in [0.2, 0.25) is 0 Å². The Labute approximate surface area is 175 Å². The highest BCUT2D eigenvalue weighted by molar-refractivity contribution is 6.01. The van der Waals surface area contributed by atoms with Crippen LogP contribution >= 0.6 is 0 Å². The van der Waals surface area contributed by atoms with E-state index in [1.165, 1.54) is 0 Å². The van der Waals surface area contributed by atoms with Crippen molar-refractivity contribution in [3.63, 3.8) is 0 Å². The van der Waals surface area contributed by atoms with Gasteiger partial charge in [-0.15, -0.1) is 0 Å². The number of aromatic amines is 1. The van der Waals surface area contributed by atoms with Gasteiger partial charge in [0, 0.05) is 11.3 Å². The molecule has 0 unspecified atom stereocenters. The molecule has 0 atom stereocenters. The second-order valence-corrected chi connectivity index (χ2v) is 6.68. The summed E-state index contributed by atoms with van der Waals surface area (Å²) in [5, 5.41) is 4.10. The highest BCUT2D eigenvalue weighted by Gasteiger charge is 2.17. The molecule has 0 bridgehead atoms. The number of nitrogens with zero attached hydrogens (tertiary/aromatic N) is 1. The maximum absolute atomic E-state index is 12.9. The molecular weight excluding hydrogens is 374 g/mol. The number of hydrogen-bond donors (Lipinski definition) is 2. The van der Waals surface area contributed by atoms with E-state index in [0.29, 0.717) is 5.69 Å². The highest BCUT2D eigenvalue weighted by atomic mass is 16.5. The molecule has 4 rings (SSSR count). The van der Waals surface area contributed by atoms with Crippen molar-refractivity contribution in [3.05, 3.63) is 102 Å². The Hall–Kier alpha value is -4.12. The van der Waals surface area contributed by atoms with Gasteiger partial charge in [0.15, 0.2) is 0 Å². The fourth-order valence-electron chi connectivity index (χ4n) is 3.16. The second-order valence-electron chi connectivity index (χ2n) is 6.68. The van der Waals surface area contributed by atoms with Gasteiger partial charge in [0.05, 0.1) is 13.3 Å². The first-order valence-corrected chi connectivity index (χ1v) is 9.56. The first-order valence-electron chi connectivity index (χ1n) is 9.56. The predicted molar refractivity (Wildman–Crippen MR) is 120 cm³/mol. The number of hydrazone groups is 1. The molecule has 0 aliphatic heterocycles. The molecule has 0 saturated heterocycles. The van der Waals surface area contributed by atoms with Gasteiger partial charge in [0.25, 0.3) is 5.91 Å². The number of methoxy groups -OCH3 is 1. The quantitative estimate of drug-likeness (QED) is 0.351. The van der Waals surface area contributed by atoms with Crippen molar-refractivity contribution >= 4 is 12.1 Å². The first kappa shape index (κ1) is 19.2. The summed E-state index contributed by atoms with van der Waals surface area (Å²) in [4.78, 5) is 16.2. The molecule has 0 aliphatic rings. The van der Waals surface area contributed by atoms with Gasteiger partial charge in [-0.3, -0.25) is 4.79 Å². The Morgan fingerprint density at radius 3 is 2.17 bits per heavy atom. The van der Waals surface area contributed by atoms with Gasteiger partial charge in [0.1, 0.15) is 11.4 Å². The molecule has 0 aliphatic carbocycles. The van der Waals surface area contributed by atoms with Crippen molar-refractivity contribution in [3.8, 4) is 28.1 Å². The molecule has 5 nitrogen and oxygen atoms in total. The number of ether oxygens (including phenoxy) is 1. The van der Waals surface area contributed by atoms with Crippen molar-refractivity contribution in [2.24, 2.45) is 5.10 Å². The average Bonchev–Trinajstić information content (AvgIpc) is 3.26. The van der Waals surface area contributed by atoms with E-state index in [9.17, 15) is 4.79 Å². The fraction of sp³-hybridized carbons (Fsp3) is 0.0400. The molecule has 4 aromatic rings. The molecule has 0 saturated carbocycles. The van der Waals surface area contributed by atoms with Crippen LogP contribution in [0.2, 0.25) is 0 Å². The molecule has 148 valence electrons. The number of H-pyrrole nitrogens is 1. The molecule has 5 heteroatoms. The summed E-state index contributed by atoms with van der Waals surface area (Å²) < 4.78 is 5.15. The Bertz CT molecular complexity index is 1150. The molecule has 1 heterocycles. The van der Waals surface area contributed by atoms with Crippen LogP contribution in [0.5, 0.6) is 5.75 Å². The van der Waals surface area contributed by atoms with E-state index in [0.717, 1.165) is 33.7 Å². The summed E-state index contributed by atoms with van der Waals surface area (Å²) in [5.41, 5.74) is 7.61. The summed E-state index contributed by atoms with van der Waals surface area (Å²) in [6, 6.07) is 29.1. The van der Waals surface area contributed by atoms with Gasteiger partial charge in [-0.2, -0.15) is 5.10 Å². The van der Waals surface area contributed by atoms with E-state index in [1.54, 1.807) is 13.3 Å². The summed E-state index contributed by atoms with van der Waals surface area (Å²) in [6.07, 6.45) is 1.60. The number of carbonyl (C=O) groups is 1. The lowest BCUT2D eigenvalue weighted by molar-refractivity contribution is 0.0951. The smallest absolute Gasteiger partial charge is 0.288 e. The summed E-state index contributed by atoms with van der Waals surface area (Å²) in [5.74, 6) is 0.462. The third kappa shape index (κ3) is 4.31. The third-order valence-electron chi connectivity index (χ3n) is 4.71. The Balaban J connectivity index is 1.60.